The predicted octanol–water partition coefficient (Wildman–Crippen LogP) is 2.37. The fraction of sp³-hybridized carbons (Fsp3) is 0.312. The second kappa shape index (κ2) is 6.95. The van der Waals surface area contributed by atoms with Gasteiger partial charge >= 0.3 is 5.97 Å². The minimum absolute atomic E-state index is 0.249. The number of carboxylic acid groups (broad SMARTS) is 1. The molecule has 2 aromatic heterocycles. The Kier molecular flexibility index (Phi) is 5.00. The maximum Gasteiger partial charge on any atom is 0.337 e. The Hall–Kier alpha value is -2.27. The maximum atomic E-state index is 11.2. The summed E-state index contributed by atoms with van der Waals surface area (Å²) in [6, 6.07) is 7.29. The molecule has 0 aliphatic heterocycles. The zero-order valence-electron chi connectivity index (χ0n) is 12.3. The van der Waals surface area contributed by atoms with Crippen LogP contribution in [0.25, 0.3) is 0 Å². The molecule has 5 nitrogen and oxygen atoms in total. The zero-order valence-corrected chi connectivity index (χ0v) is 12.3. The number of pyridine rings is 2. The molecule has 0 aliphatic carbocycles. The molecule has 0 bridgehead atoms. The molecule has 0 amide bonds. The third kappa shape index (κ3) is 4.10. The van der Waals surface area contributed by atoms with Crippen LogP contribution in [0.3, 0.4) is 0 Å². The highest BCUT2D eigenvalue weighted by Crippen LogP contribution is 2.10. The fourth-order valence-electron chi connectivity index (χ4n) is 2.10. The van der Waals surface area contributed by atoms with E-state index in [0.29, 0.717) is 18.8 Å². The van der Waals surface area contributed by atoms with E-state index in [1.165, 1.54) is 5.56 Å². The molecule has 0 unspecified atom stereocenters. The molecule has 2 heterocycles. The van der Waals surface area contributed by atoms with Crippen molar-refractivity contribution in [3.8, 4) is 0 Å². The number of nitrogens with zero attached hydrogens (tertiary/aromatic N) is 3. The molecule has 0 aliphatic rings. The highest BCUT2D eigenvalue weighted by Gasteiger charge is 2.12. The topological polar surface area (TPSA) is 66.3 Å². The Labute approximate surface area is 124 Å². The highest BCUT2D eigenvalue weighted by atomic mass is 16.4. The van der Waals surface area contributed by atoms with Gasteiger partial charge in [-0.05, 0) is 37.2 Å². The number of carbonyl (C=O) groups is 1. The van der Waals surface area contributed by atoms with Crippen LogP contribution in [0, 0.1) is 0 Å². The van der Waals surface area contributed by atoms with Crippen molar-refractivity contribution in [1.29, 1.82) is 0 Å². The van der Waals surface area contributed by atoms with E-state index in [4.69, 9.17) is 5.11 Å². The summed E-state index contributed by atoms with van der Waals surface area (Å²) in [5.41, 5.74) is 2.98. The highest BCUT2D eigenvalue weighted by molar-refractivity contribution is 5.88. The third-order valence-electron chi connectivity index (χ3n) is 3.27. The van der Waals surface area contributed by atoms with E-state index in [0.717, 1.165) is 12.1 Å². The second-order valence-corrected chi connectivity index (χ2v) is 4.99. The van der Waals surface area contributed by atoms with Crippen molar-refractivity contribution in [1.82, 2.24) is 14.9 Å². The Morgan fingerprint density at radius 2 is 2.05 bits per heavy atom. The molecule has 0 aromatic carbocycles. The van der Waals surface area contributed by atoms with Crippen molar-refractivity contribution >= 4 is 5.97 Å². The Bertz CT molecular complexity index is 611. The van der Waals surface area contributed by atoms with Crippen LogP contribution in [0.5, 0.6) is 0 Å². The van der Waals surface area contributed by atoms with Crippen molar-refractivity contribution in [3.05, 3.63) is 59.2 Å². The van der Waals surface area contributed by atoms with Gasteiger partial charge in [0.2, 0.25) is 0 Å². The number of aromatic carboxylic acids is 1. The molecule has 0 saturated carbocycles. The van der Waals surface area contributed by atoms with Gasteiger partial charge < -0.3 is 5.11 Å². The van der Waals surface area contributed by atoms with Gasteiger partial charge in [0.1, 0.15) is 0 Å². The number of aryl methyl sites for hydroxylation is 1. The maximum absolute atomic E-state index is 11.2. The second-order valence-electron chi connectivity index (χ2n) is 4.99. The smallest absolute Gasteiger partial charge is 0.337 e. The Morgan fingerprint density at radius 3 is 2.67 bits per heavy atom. The third-order valence-corrected chi connectivity index (χ3v) is 3.27. The molecular weight excluding hydrogens is 266 g/mol. The average molecular weight is 285 g/mol. The van der Waals surface area contributed by atoms with Crippen LogP contribution in [-0.4, -0.2) is 33.0 Å². The lowest BCUT2D eigenvalue weighted by atomic mass is 10.2. The van der Waals surface area contributed by atoms with Gasteiger partial charge in [-0.1, -0.05) is 13.0 Å². The van der Waals surface area contributed by atoms with Crippen LogP contribution in [-0.2, 0) is 19.5 Å². The van der Waals surface area contributed by atoms with Crippen LogP contribution in [0.4, 0.5) is 0 Å². The Morgan fingerprint density at radius 1 is 1.24 bits per heavy atom. The number of rotatable bonds is 6. The molecule has 2 aromatic rings. The predicted molar refractivity (Wildman–Crippen MR) is 80.0 cm³/mol. The summed E-state index contributed by atoms with van der Waals surface area (Å²) in [5, 5.41) is 9.16. The molecule has 110 valence electrons. The largest absolute Gasteiger partial charge is 0.478 e. The van der Waals surface area contributed by atoms with Gasteiger partial charge in [0.05, 0.1) is 17.0 Å². The van der Waals surface area contributed by atoms with Gasteiger partial charge in [0.15, 0.2) is 0 Å². The lowest BCUT2D eigenvalue weighted by Gasteiger charge is -2.16. The van der Waals surface area contributed by atoms with Gasteiger partial charge in [-0.2, -0.15) is 0 Å². The van der Waals surface area contributed by atoms with Crippen molar-refractivity contribution in [2.45, 2.75) is 26.4 Å². The van der Waals surface area contributed by atoms with E-state index in [9.17, 15) is 4.79 Å². The van der Waals surface area contributed by atoms with Crippen LogP contribution in [0.1, 0.15) is 34.2 Å². The molecule has 0 radical (unpaired) electrons. The summed E-state index contributed by atoms with van der Waals surface area (Å²) in [7, 11) is 1.93. The van der Waals surface area contributed by atoms with Crippen LogP contribution in [0.15, 0.2) is 36.7 Å². The first kappa shape index (κ1) is 15.1. The molecule has 21 heavy (non-hydrogen) atoms. The van der Waals surface area contributed by atoms with Gasteiger partial charge in [-0.3, -0.25) is 14.9 Å². The summed E-state index contributed by atoms with van der Waals surface area (Å²) in [4.78, 5) is 21.7. The molecule has 1 N–H and O–H groups in total. The quantitative estimate of drug-likeness (QED) is 0.882. The van der Waals surface area contributed by atoms with E-state index in [2.05, 4.69) is 23.0 Å². The zero-order chi connectivity index (χ0) is 15.2. The average Bonchev–Trinajstić information content (AvgIpc) is 2.48. The minimum Gasteiger partial charge on any atom is -0.478 e. The van der Waals surface area contributed by atoms with E-state index in [1.807, 2.05) is 24.2 Å². The first-order valence-electron chi connectivity index (χ1n) is 6.89. The molecule has 0 atom stereocenters. The first-order chi connectivity index (χ1) is 10.1. The number of hydrogen-bond acceptors (Lipinski definition) is 4. The fourth-order valence-corrected chi connectivity index (χ4v) is 2.10. The van der Waals surface area contributed by atoms with Crippen LogP contribution >= 0.6 is 0 Å². The molecule has 5 heteroatoms. The SMILES string of the molecule is CCc1ccc(CN(C)Cc2ncccc2C(=O)O)nc1. The summed E-state index contributed by atoms with van der Waals surface area (Å²) in [5.74, 6) is -0.947. The molecule has 0 fully saturated rings. The molecule has 2 rings (SSSR count). The van der Waals surface area contributed by atoms with E-state index < -0.39 is 5.97 Å². The van der Waals surface area contributed by atoms with Crippen LogP contribution in [0.2, 0.25) is 0 Å². The number of carboxylic acids is 1. The first-order valence-corrected chi connectivity index (χ1v) is 6.89. The lowest BCUT2D eigenvalue weighted by molar-refractivity contribution is 0.0694. The number of hydrogen-bond donors (Lipinski definition) is 1. The summed E-state index contributed by atoms with van der Waals surface area (Å²) < 4.78 is 0. The van der Waals surface area contributed by atoms with E-state index in [-0.39, 0.29) is 5.56 Å². The van der Waals surface area contributed by atoms with Crippen molar-refractivity contribution in [2.75, 3.05) is 7.05 Å². The summed E-state index contributed by atoms with van der Waals surface area (Å²) >= 11 is 0. The van der Waals surface area contributed by atoms with Gasteiger partial charge in [0, 0.05) is 25.5 Å². The lowest BCUT2D eigenvalue weighted by Crippen LogP contribution is -2.20. The van der Waals surface area contributed by atoms with E-state index >= 15 is 0 Å². The van der Waals surface area contributed by atoms with Crippen molar-refractivity contribution in [3.63, 3.8) is 0 Å². The number of aromatic nitrogens is 2. The van der Waals surface area contributed by atoms with Crippen LogP contribution < -0.4 is 0 Å². The van der Waals surface area contributed by atoms with Crippen molar-refractivity contribution in [2.24, 2.45) is 0 Å². The molecular formula is C16H19N3O2. The normalized spacial score (nSPS) is 10.8. The van der Waals surface area contributed by atoms with E-state index in [1.54, 1.807) is 18.3 Å². The summed E-state index contributed by atoms with van der Waals surface area (Å²) in [6.45, 7) is 3.22. The standard InChI is InChI=1S/C16H19N3O2/c1-3-12-6-7-13(18-9-12)10-19(2)11-15-14(16(20)21)5-4-8-17-15/h4-9H,3,10-11H2,1-2H3,(H,20,21). The van der Waals surface area contributed by atoms with Gasteiger partial charge in [-0.15, -0.1) is 0 Å². The van der Waals surface area contributed by atoms with Gasteiger partial charge in [-0.25, -0.2) is 4.79 Å². The Balaban J connectivity index is 2.04. The monoisotopic (exact) mass is 285 g/mol. The molecule has 0 spiro atoms. The van der Waals surface area contributed by atoms with Gasteiger partial charge in [0.25, 0.3) is 0 Å². The van der Waals surface area contributed by atoms with Crippen molar-refractivity contribution < 1.29 is 9.90 Å². The minimum atomic E-state index is -0.947. The molecule has 0 saturated heterocycles. The summed E-state index contributed by atoms with van der Waals surface area (Å²) in [6.07, 6.45) is 4.47.